The van der Waals surface area contributed by atoms with Crippen molar-refractivity contribution in [2.24, 2.45) is 0 Å². The fourth-order valence-corrected chi connectivity index (χ4v) is 10.0. The fourth-order valence-electron chi connectivity index (χ4n) is 2.67. The van der Waals surface area contributed by atoms with E-state index in [1.807, 2.05) is 30.3 Å². The van der Waals surface area contributed by atoms with E-state index in [0.717, 1.165) is 5.19 Å². The Balaban J connectivity index is 2.78. The number of hydrogen-bond acceptors (Lipinski definition) is 7. The van der Waals surface area contributed by atoms with Gasteiger partial charge >= 0.3 is 17.1 Å². The molecule has 1 aromatic carbocycles. The summed E-state index contributed by atoms with van der Waals surface area (Å²) < 4.78 is 17.2. The van der Waals surface area contributed by atoms with E-state index in [2.05, 4.69) is 0 Å². The average Bonchev–Trinajstić information content (AvgIpc) is 2.63. The summed E-state index contributed by atoms with van der Waals surface area (Å²) in [6.45, 7) is 3.43. The number of aliphatic hydroxyl groups is 3. The molecule has 26 heavy (non-hydrogen) atoms. The van der Waals surface area contributed by atoms with Gasteiger partial charge in [0.05, 0.1) is 0 Å². The molecular formula is C17H32O7Si2. The number of rotatable bonds is 13. The normalized spacial score (nSPS) is 18.7. The highest BCUT2D eigenvalue weighted by Gasteiger charge is 2.44. The summed E-state index contributed by atoms with van der Waals surface area (Å²) in [4.78, 5) is 11.0. The van der Waals surface area contributed by atoms with Crippen LogP contribution in [0.5, 0.6) is 0 Å². The lowest BCUT2D eigenvalue weighted by Gasteiger charge is -2.36. The smallest absolute Gasteiger partial charge is 0.357 e. The number of benzene rings is 1. The maximum Gasteiger partial charge on any atom is 0.357 e. The minimum Gasteiger partial charge on any atom is -0.411 e. The number of ether oxygens (including phenoxy) is 1. The van der Waals surface area contributed by atoms with Crippen LogP contribution in [0.25, 0.3) is 0 Å². The Morgan fingerprint density at radius 2 is 1.69 bits per heavy atom. The minimum absolute atomic E-state index is 0.0216. The second kappa shape index (κ2) is 11.3. The molecule has 0 heterocycles. The van der Waals surface area contributed by atoms with Crippen LogP contribution in [0.3, 0.4) is 0 Å². The van der Waals surface area contributed by atoms with Crippen LogP contribution in [0.4, 0.5) is 0 Å². The molecule has 0 amide bonds. The summed E-state index contributed by atoms with van der Waals surface area (Å²) in [7, 11) is -4.37. The zero-order chi connectivity index (χ0) is 19.6. The second-order valence-electron chi connectivity index (χ2n) is 6.50. The molecule has 0 fully saturated rings. The van der Waals surface area contributed by atoms with Crippen molar-refractivity contribution >= 4 is 22.3 Å². The van der Waals surface area contributed by atoms with Crippen LogP contribution in [0.1, 0.15) is 19.8 Å². The van der Waals surface area contributed by atoms with Crippen LogP contribution in [-0.4, -0.2) is 70.0 Å². The third kappa shape index (κ3) is 7.55. The molecule has 0 aliphatic heterocycles. The SMILES string of the molecule is CO[Si](CCCO)(CCCOC(O)C(C)O)O[Si](C)(O)c1ccccc1. The molecule has 0 bridgehead atoms. The van der Waals surface area contributed by atoms with Crippen molar-refractivity contribution < 1.29 is 33.4 Å². The molecule has 0 aliphatic rings. The van der Waals surface area contributed by atoms with Crippen LogP contribution >= 0.6 is 0 Å². The van der Waals surface area contributed by atoms with E-state index in [1.165, 1.54) is 6.92 Å². The molecule has 0 radical (unpaired) electrons. The van der Waals surface area contributed by atoms with Gasteiger partial charge in [0.25, 0.3) is 0 Å². The zero-order valence-electron chi connectivity index (χ0n) is 15.8. The van der Waals surface area contributed by atoms with Crippen molar-refractivity contribution in [3.63, 3.8) is 0 Å². The molecule has 9 heteroatoms. The van der Waals surface area contributed by atoms with E-state index in [4.69, 9.17) is 13.3 Å². The van der Waals surface area contributed by atoms with E-state index < -0.39 is 29.5 Å². The van der Waals surface area contributed by atoms with Crippen LogP contribution in [-0.2, 0) is 13.3 Å². The summed E-state index contributed by atoms with van der Waals surface area (Å²) in [5.74, 6) is 0. The molecule has 4 N–H and O–H groups in total. The van der Waals surface area contributed by atoms with Gasteiger partial charge in [0.15, 0.2) is 6.29 Å². The van der Waals surface area contributed by atoms with E-state index in [0.29, 0.717) is 24.9 Å². The Morgan fingerprint density at radius 1 is 1.08 bits per heavy atom. The molecule has 7 nitrogen and oxygen atoms in total. The first-order valence-electron chi connectivity index (χ1n) is 8.88. The summed E-state index contributed by atoms with van der Waals surface area (Å²) in [5.41, 5.74) is 0. The highest BCUT2D eigenvalue weighted by Crippen LogP contribution is 2.26. The van der Waals surface area contributed by atoms with Crippen LogP contribution < -0.4 is 5.19 Å². The predicted octanol–water partition coefficient (Wildman–Crippen LogP) is 0.551. The van der Waals surface area contributed by atoms with Gasteiger partial charge in [-0.3, -0.25) is 0 Å². The van der Waals surface area contributed by atoms with Gasteiger partial charge in [-0.15, -0.1) is 0 Å². The van der Waals surface area contributed by atoms with E-state index in [9.17, 15) is 20.1 Å². The van der Waals surface area contributed by atoms with E-state index in [1.54, 1.807) is 13.7 Å². The standard InChI is InChI=1S/C17H32O7Si2/c1-15(19)17(20)23-12-8-14-26(22-2,13-7-11-18)24-25(3,21)16-9-5-4-6-10-16/h4-6,9-10,15,17-21H,7-8,11-14H2,1-3H3. The summed E-state index contributed by atoms with van der Waals surface area (Å²) >= 11 is 0. The highest BCUT2D eigenvalue weighted by atomic mass is 28.5. The molecule has 4 unspecified atom stereocenters. The first-order valence-corrected chi connectivity index (χ1v) is 13.5. The monoisotopic (exact) mass is 404 g/mol. The maximum absolute atomic E-state index is 11.0. The molecule has 1 rings (SSSR count). The van der Waals surface area contributed by atoms with Gasteiger partial charge in [-0.25, -0.2) is 0 Å². The van der Waals surface area contributed by atoms with Gasteiger partial charge in [-0.1, -0.05) is 30.3 Å². The van der Waals surface area contributed by atoms with Crippen LogP contribution in [0.15, 0.2) is 30.3 Å². The van der Waals surface area contributed by atoms with Gasteiger partial charge in [0, 0.05) is 20.3 Å². The number of aliphatic hydroxyl groups excluding tert-OH is 3. The Labute approximate surface area is 157 Å². The van der Waals surface area contributed by atoms with Crippen LogP contribution in [0, 0.1) is 0 Å². The predicted molar refractivity (Wildman–Crippen MR) is 103 cm³/mol. The molecule has 0 aliphatic carbocycles. The Kier molecular flexibility index (Phi) is 10.1. The minimum atomic E-state index is -3.16. The zero-order valence-corrected chi connectivity index (χ0v) is 17.8. The summed E-state index contributed by atoms with van der Waals surface area (Å²) in [6, 6.07) is 10.4. The topological polar surface area (TPSA) is 109 Å². The van der Waals surface area contributed by atoms with Gasteiger partial charge < -0.3 is 33.4 Å². The van der Waals surface area contributed by atoms with Crippen molar-refractivity contribution in [3.05, 3.63) is 30.3 Å². The third-order valence-corrected chi connectivity index (χ3v) is 11.6. The summed E-state index contributed by atoms with van der Waals surface area (Å²) in [6.07, 6.45) is -1.12. The van der Waals surface area contributed by atoms with Crippen molar-refractivity contribution in [2.45, 2.75) is 50.8 Å². The van der Waals surface area contributed by atoms with Gasteiger partial charge in [0.2, 0.25) is 0 Å². The first-order chi connectivity index (χ1) is 12.3. The molecule has 0 saturated carbocycles. The lowest BCUT2D eigenvalue weighted by Crippen LogP contribution is -2.58. The van der Waals surface area contributed by atoms with Crippen molar-refractivity contribution in [3.8, 4) is 0 Å². The fraction of sp³-hybridized carbons (Fsp3) is 0.647. The quantitative estimate of drug-likeness (QED) is 0.216. The molecule has 1 aromatic rings. The molecule has 0 aromatic heterocycles. The van der Waals surface area contributed by atoms with E-state index >= 15 is 0 Å². The van der Waals surface area contributed by atoms with Gasteiger partial charge in [-0.2, -0.15) is 0 Å². The second-order valence-corrected chi connectivity index (χ2v) is 13.1. The van der Waals surface area contributed by atoms with E-state index in [-0.39, 0.29) is 13.2 Å². The molecule has 0 spiro atoms. The Bertz CT molecular complexity index is 501. The van der Waals surface area contributed by atoms with Gasteiger partial charge in [0.1, 0.15) is 6.10 Å². The maximum atomic E-state index is 11.0. The summed E-state index contributed by atoms with van der Waals surface area (Å²) in [5, 5.41) is 28.7. The first kappa shape index (κ1) is 23.4. The lowest BCUT2D eigenvalue weighted by molar-refractivity contribution is -0.155. The largest absolute Gasteiger partial charge is 0.411 e. The molecule has 150 valence electrons. The third-order valence-electron chi connectivity index (χ3n) is 4.19. The molecule has 0 saturated heterocycles. The Morgan fingerprint density at radius 3 is 2.23 bits per heavy atom. The van der Waals surface area contributed by atoms with Crippen molar-refractivity contribution in [2.75, 3.05) is 20.3 Å². The van der Waals surface area contributed by atoms with Crippen molar-refractivity contribution in [1.82, 2.24) is 0 Å². The molecule has 4 atom stereocenters. The van der Waals surface area contributed by atoms with Gasteiger partial charge in [-0.05, 0) is 43.6 Å². The van der Waals surface area contributed by atoms with Crippen LogP contribution in [0.2, 0.25) is 18.6 Å². The average molecular weight is 405 g/mol. The lowest BCUT2D eigenvalue weighted by atomic mass is 10.4. The number of hydrogen-bond donors (Lipinski definition) is 4. The Hall–Kier alpha value is -0.626. The highest BCUT2D eigenvalue weighted by molar-refractivity contribution is 6.87. The van der Waals surface area contributed by atoms with Crippen molar-refractivity contribution in [1.29, 1.82) is 0 Å². The molecular weight excluding hydrogens is 372 g/mol.